The quantitative estimate of drug-likeness (QED) is 0.209. The summed E-state index contributed by atoms with van der Waals surface area (Å²) in [4.78, 5) is 38.5. The van der Waals surface area contributed by atoms with E-state index in [-0.39, 0.29) is 17.4 Å². The van der Waals surface area contributed by atoms with Crippen molar-refractivity contribution in [2.45, 2.75) is 18.9 Å². The molecule has 0 atom stereocenters. The molecule has 158 valence electrons. The van der Waals surface area contributed by atoms with Crippen molar-refractivity contribution in [3.8, 4) is 0 Å². The van der Waals surface area contributed by atoms with Crippen LogP contribution in [0.2, 0.25) is 0 Å². The molecule has 1 N–H and O–H groups in total. The van der Waals surface area contributed by atoms with Crippen molar-refractivity contribution >= 4 is 71.8 Å². The molecule has 0 unspecified atom stereocenters. The predicted molar refractivity (Wildman–Crippen MR) is 131 cm³/mol. The lowest BCUT2D eigenvalue weighted by Crippen LogP contribution is -2.14. The highest BCUT2D eigenvalue weighted by Gasteiger charge is 2.15. The molecule has 0 radical (unpaired) electrons. The van der Waals surface area contributed by atoms with E-state index >= 15 is 0 Å². The molecular formula is C24H18N4O2S2. The first kappa shape index (κ1) is 20.5. The molecule has 0 bridgehead atoms. The summed E-state index contributed by atoms with van der Waals surface area (Å²) in [5.41, 5.74) is 4.26. The minimum Gasteiger partial charge on any atom is -0.325 e. The van der Waals surface area contributed by atoms with Crippen molar-refractivity contribution in [1.29, 1.82) is 0 Å². The molecule has 5 rings (SSSR count). The van der Waals surface area contributed by atoms with Gasteiger partial charge in [-0.1, -0.05) is 23.9 Å². The molecule has 0 saturated carbocycles. The summed E-state index contributed by atoms with van der Waals surface area (Å²) in [6.07, 6.45) is 1.54. The zero-order valence-electron chi connectivity index (χ0n) is 17.4. The van der Waals surface area contributed by atoms with Crippen LogP contribution in [0.25, 0.3) is 31.3 Å². The number of pyridine rings is 1. The lowest BCUT2D eigenvalue weighted by atomic mass is 10.1. The number of anilines is 1. The second-order valence-electron chi connectivity index (χ2n) is 7.47. The maximum absolute atomic E-state index is 12.5. The highest BCUT2D eigenvalue weighted by molar-refractivity contribution is 8.00. The maximum atomic E-state index is 12.5. The van der Waals surface area contributed by atoms with Gasteiger partial charge in [-0.2, -0.15) is 0 Å². The van der Waals surface area contributed by atoms with E-state index < -0.39 is 0 Å². The van der Waals surface area contributed by atoms with Gasteiger partial charge in [0.05, 0.1) is 21.5 Å². The van der Waals surface area contributed by atoms with Crippen LogP contribution in [0.5, 0.6) is 0 Å². The van der Waals surface area contributed by atoms with Gasteiger partial charge in [0.25, 0.3) is 0 Å². The number of hydrogen-bond donors (Lipinski definition) is 1. The van der Waals surface area contributed by atoms with Crippen molar-refractivity contribution in [3.63, 3.8) is 0 Å². The maximum Gasteiger partial charge on any atom is 0.234 e. The molecule has 5 aromatic rings. The zero-order valence-corrected chi connectivity index (χ0v) is 19.0. The zero-order chi connectivity index (χ0) is 22.2. The van der Waals surface area contributed by atoms with Crippen LogP contribution in [0.15, 0.2) is 59.9 Å². The fraction of sp³-hybridized carbons (Fsp3) is 0.125. The molecule has 3 aromatic heterocycles. The Bertz CT molecular complexity index is 1510. The van der Waals surface area contributed by atoms with Crippen LogP contribution in [-0.2, 0) is 4.79 Å². The number of nitrogens with one attached hydrogen (secondary N) is 1. The lowest BCUT2D eigenvalue weighted by Gasteiger charge is -2.06. The summed E-state index contributed by atoms with van der Waals surface area (Å²) >= 11 is 2.92. The van der Waals surface area contributed by atoms with Crippen LogP contribution >= 0.6 is 23.1 Å². The van der Waals surface area contributed by atoms with Crippen LogP contribution in [0.4, 0.5) is 5.69 Å². The van der Waals surface area contributed by atoms with Gasteiger partial charge in [-0.3, -0.25) is 9.59 Å². The fourth-order valence-corrected chi connectivity index (χ4v) is 5.46. The van der Waals surface area contributed by atoms with Crippen LogP contribution in [0, 0.1) is 6.92 Å². The van der Waals surface area contributed by atoms with E-state index in [1.54, 1.807) is 35.6 Å². The van der Waals surface area contributed by atoms with Gasteiger partial charge in [-0.15, -0.1) is 11.3 Å². The number of carbonyl (C=O) groups excluding carboxylic acids is 2. The number of amides is 1. The molecule has 0 aliphatic heterocycles. The second kappa shape index (κ2) is 8.29. The number of aromatic nitrogens is 3. The number of fused-ring (bicyclic) bond motifs is 4. The molecule has 8 heteroatoms. The van der Waals surface area contributed by atoms with Crippen molar-refractivity contribution in [2.75, 3.05) is 11.1 Å². The highest BCUT2D eigenvalue weighted by atomic mass is 32.2. The Hall–Kier alpha value is -3.36. The topological polar surface area (TPSA) is 84.8 Å². The van der Waals surface area contributed by atoms with Gasteiger partial charge in [0.1, 0.15) is 16.2 Å². The van der Waals surface area contributed by atoms with Crippen molar-refractivity contribution in [1.82, 2.24) is 15.0 Å². The Balaban J connectivity index is 1.39. The molecule has 3 heterocycles. The number of ketones is 1. The third kappa shape index (κ3) is 3.94. The number of thioether (sulfide) groups is 1. The number of hydrogen-bond acceptors (Lipinski definition) is 7. The van der Waals surface area contributed by atoms with Crippen molar-refractivity contribution in [2.24, 2.45) is 0 Å². The van der Waals surface area contributed by atoms with E-state index in [0.717, 1.165) is 36.4 Å². The number of aryl methyl sites for hydroxylation is 1. The molecule has 0 aliphatic rings. The average molecular weight is 459 g/mol. The molecule has 2 aromatic carbocycles. The summed E-state index contributed by atoms with van der Waals surface area (Å²) in [5, 5.41) is 5.70. The van der Waals surface area contributed by atoms with E-state index in [9.17, 15) is 9.59 Å². The van der Waals surface area contributed by atoms with Crippen molar-refractivity contribution in [3.05, 3.63) is 66.0 Å². The number of carbonyl (C=O) groups is 2. The van der Waals surface area contributed by atoms with E-state index in [0.29, 0.717) is 11.3 Å². The molecule has 1 amide bonds. The second-order valence-corrected chi connectivity index (χ2v) is 9.43. The summed E-state index contributed by atoms with van der Waals surface area (Å²) in [6.45, 7) is 3.57. The number of nitrogens with zero attached hydrogens (tertiary/aromatic N) is 3. The summed E-state index contributed by atoms with van der Waals surface area (Å²) in [5.74, 6) is 0.0634. The average Bonchev–Trinajstić information content (AvgIpc) is 3.14. The largest absolute Gasteiger partial charge is 0.325 e. The van der Waals surface area contributed by atoms with E-state index in [1.807, 2.05) is 0 Å². The number of rotatable bonds is 5. The van der Waals surface area contributed by atoms with E-state index in [4.69, 9.17) is 4.98 Å². The Labute approximate surface area is 192 Å². The monoisotopic (exact) mass is 458 g/mol. The van der Waals surface area contributed by atoms with Gasteiger partial charge < -0.3 is 5.32 Å². The number of Topliss-reactive ketones (excluding diaryl/α,β-unsaturated/α-hetero) is 1. The number of benzene rings is 2. The molecule has 6 nitrogen and oxygen atoms in total. The molecule has 32 heavy (non-hydrogen) atoms. The first-order valence-corrected chi connectivity index (χ1v) is 11.8. The Morgan fingerprint density at radius 3 is 2.66 bits per heavy atom. The van der Waals surface area contributed by atoms with Crippen LogP contribution in [0.3, 0.4) is 0 Å². The standard InChI is InChI=1S/C24H18N4O2S2/c1-13-3-4-16-10-18-21-22(32-23(18)28-19(16)9-13)24(26-12-25-21)31-11-20(30)27-17-7-5-15(6-8-17)14(2)29/h3-10,12H,11H2,1-2H3,(H,27,30). The minimum atomic E-state index is -0.141. The Kier molecular flexibility index (Phi) is 5.32. The lowest BCUT2D eigenvalue weighted by molar-refractivity contribution is -0.113. The Morgan fingerprint density at radius 1 is 1.06 bits per heavy atom. The number of thiophene rings is 1. The van der Waals surface area contributed by atoms with E-state index in [1.165, 1.54) is 30.6 Å². The highest BCUT2D eigenvalue weighted by Crippen LogP contribution is 2.37. The SMILES string of the molecule is CC(=O)c1ccc(NC(=O)CSc2ncnc3c2sc2nc4cc(C)ccc4cc23)cc1. The van der Waals surface area contributed by atoms with Gasteiger partial charge in [0.15, 0.2) is 5.78 Å². The van der Waals surface area contributed by atoms with Gasteiger partial charge in [-0.25, -0.2) is 15.0 Å². The summed E-state index contributed by atoms with van der Waals surface area (Å²) in [7, 11) is 0. The van der Waals surface area contributed by atoms with Gasteiger partial charge in [0.2, 0.25) is 5.91 Å². The Morgan fingerprint density at radius 2 is 1.88 bits per heavy atom. The predicted octanol–water partition coefficient (Wildman–Crippen LogP) is 5.63. The normalized spacial score (nSPS) is 11.3. The molecular weight excluding hydrogens is 440 g/mol. The van der Waals surface area contributed by atoms with Gasteiger partial charge in [0, 0.05) is 22.0 Å². The van der Waals surface area contributed by atoms with E-state index in [2.05, 4.69) is 46.5 Å². The summed E-state index contributed by atoms with van der Waals surface area (Å²) in [6, 6.07) is 15.2. The van der Waals surface area contributed by atoms with Crippen molar-refractivity contribution < 1.29 is 9.59 Å². The van der Waals surface area contributed by atoms with Gasteiger partial charge in [-0.05, 0) is 55.8 Å². The van der Waals surface area contributed by atoms with Crippen LogP contribution in [-0.4, -0.2) is 32.4 Å². The minimum absolute atomic E-state index is 0.00735. The molecule has 0 saturated heterocycles. The third-order valence-electron chi connectivity index (χ3n) is 5.08. The molecule has 0 spiro atoms. The van der Waals surface area contributed by atoms with Crippen LogP contribution in [0.1, 0.15) is 22.8 Å². The third-order valence-corrected chi connectivity index (χ3v) is 7.29. The smallest absolute Gasteiger partial charge is 0.234 e. The first-order chi connectivity index (χ1) is 15.5. The van der Waals surface area contributed by atoms with Gasteiger partial charge >= 0.3 is 0 Å². The molecule has 0 fully saturated rings. The molecule has 0 aliphatic carbocycles. The fourth-order valence-electron chi connectivity index (χ4n) is 3.47. The first-order valence-electron chi connectivity index (χ1n) is 9.96. The van der Waals surface area contributed by atoms with Crippen LogP contribution < -0.4 is 5.32 Å². The summed E-state index contributed by atoms with van der Waals surface area (Å²) < 4.78 is 0.936.